The fraction of sp³-hybridized carbons (Fsp3) is 0.438. The average Bonchev–Trinajstić information content (AvgIpc) is 3.43. The predicted octanol–water partition coefficient (Wildman–Crippen LogP) is -1.13. The van der Waals surface area contributed by atoms with E-state index in [9.17, 15) is 4.79 Å². The molecule has 0 atom stereocenters. The van der Waals surface area contributed by atoms with Crippen molar-refractivity contribution in [2.75, 3.05) is 32.0 Å². The maximum Gasteiger partial charge on any atom is 0.293 e. The summed E-state index contributed by atoms with van der Waals surface area (Å²) in [5, 5.41) is 23.5. The molecular formula is C16H21N11O3. The number of amides is 1. The lowest BCUT2D eigenvalue weighted by molar-refractivity contribution is 0.0332. The first-order valence-corrected chi connectivity index (χ1v) is 9.19. The van der Waals surface area contributed by atoms with Crippen LogP contribution in [0.25, 0.3) is 5.82 Å². The minimum atomic E-state index is -0.516. The Morgan fingerprint density at radius 1 is 1.37 bits per heavy atom. The number of hydrogen-bond acceptors (Lipinski definition) is 11. The van der Waals surface area contributed by atoms with E-state index in [4.69, 9.17) is 10.5 Å². The lowest BCUT2D eigenvalue weighted by Gasteiger charge is -2.26. The van der Waals surface area contributed by atoms with E-state index in [1.165, 1.54) is 10.9 Å². The van der Waals surface area contributed by atoms with Crippen LogP contribution in [0.3, 0.4) is 0 Å². The van der Waals surface area contributed by atoms with Gasteiger partial charge in [-0.1, -0.05) is 5.21 Å². The zero-order chi connectivity index (χ0) is 21.1. The largest absolute Gasteiger partial charge is 0.379 e. The van der Waals surface area contributed by atoms with Crippen molar-refractivity contribution in [3.63, 3.8) is 0 Å². The zero-order valence-corrected chi connectivity index (χ0v) is 16.5. The minimum absolute atomic E-state index is 0.0418. The molecule has 30 heavy (non-hydrogen) atoms. The molecule has 0 radical (unpaired) electrons. The first kappa shape index (κ1) is 19.7. The highest BCUT2D eigenvalue weighted by atomic mass is 16.6. The van der Waals surface area contributed by atoms with Crippen molar-refractivity contribution in [2.24, 2.45) is 12.1 Å². The number of anilines is 1. The summed E-state index contributed by atoms with van der Waals surface area (Å²) in [5.41, 5.74) is 10.6. The molecule has 0 aliphatic carbocycles. The molecule has 14 nitrogen and oxygen atoms in total. The summed E-state index contributed by atoms with van der Waals surface area (Å²) in [6, 6.07) is 0. The van der Waals surface area contributed by atoms with Crippen molar-refractivity contribution in [2.45, 2.75) is 13.5 Å². The lowest BCUT2D eigenvalue weighted by Crippen LogP contribution is -2.37. The number of carbonyl (C=O) groups is 1. The van der Waals surface area contributed by atoms with Gasteiger partial charge in [0.05, 0.1) is 31.3 Å². The SMILES string of the molecule is Cc1c(/C=N/NC(=O)c2nnn(-c3nonc3N)c2CN2CCOCC2)cnn1C. The topological polar surface area (TPSA) is 167 Å². The number of nitrogens with one attached hydrogen (secondary N) is 1. The fourth-order valence-electron chi connectivity index (χ4n) is 2.95. The zero-order valence-electron chi connectivity index (χ0n) is 16.5. The Hall–Kier alpha value is -3.65. The first-order chi connectivity index (χ1) is 14.5. The smallest absolute Gasteiger partial charge is 0.293 e. The molecular weight excluding hydrogens is 394 g/mol. The van der Waals surface area contributed by atoms with Gasteiger partial charge in [0.25, 0.3) is 5.91 Å². The first-order valence-electron chi connectivity index (χ1n) is 9.19. The lowest BCUT2D eigenvalue weighted by atomic mass is 10.2. The molecule has 1 fully saturated rings. The quantitative estimate of drug-likeness (QED) is 0.371. The highest BCUT2D eigenvalue weighted by Crippen LogP contribution is 2.18. The van der Waals surface area contributed by atoms with Crippen molar-refractivity contribution in [1.82, 2.24) is 45.4 Å². The van der Waals surface area contributed by atoms with Gasteiger partial charge in [0.15, 0.2) is 5.69 Å². The molecule has 0 aromatic carbocycles. The number of hydrazone groups is 1. The Bertz CT molecular complexity index is 1060. The van der Waals surface area contributed by atoms with Crippen LogP contribution in [-0.4, -0.2) is 78.4 Å². The van der Waals surface area contributed by atoms with Gasteiger partial charge in [0.1, 0.15) is 0 Å². The van der Waals surface area contributed by atoms with Gasteiger partial charge in [0, 0.05) is 37.9 Å². The normalized spacial score (nSPS) is 15.1. The van der Waals surface area contributed by atoms with Crippen LogP contribution in [0.15, 0.2) is 15.9 Å². The number of carbonyl (C=O) groups excluding carboxylic acids is 1. The molecule has 3 N–H and O–H groups in total. The van der Waals surface area contributed by atoms with E-state index >= 15 is 0 Å². The third kappa shape index (κ3) is 3.90. The molecule has 0 unspecified atom stereocenters. The number of nitrogens with two attached hydrogens (primary N) is 1. The summed E-state index contributed by atoms with van der Waals surface area (Å²) in [6.45, 7) is 4.90. The molecule has 1 aliphatic heterocycles. The van der Waals surface area contributed by atoms with Crippen LogP contribution >= 0.6 is 0 Å². The van der Waals surface area contributed by atoms with E-state index < -0.39 is 5.91 Å². The van der Waals surface area contributed by atoms with Gasteiger partial charge in [0.2, 0.25) is 11.6 Å². The number of nitrogens with zero attached hydrogens (tertiary/aromatic N) is 9. The van der Waals surface area contributed by atoms with Gasteiger partial charge in [-0.05, 0) is 17.2 Å². The van der Waals surface area contributed by atoms with E-state index in [1.807, 2.05) is 14.0 Å². The Balaban J connectivity index is 1.58. The maximum atomic E-state index is 12.8. The molecule has 4 heterocycles. The van der Waals surface area contributed by atoms with Gasteiger partial charge in [-0.2, -0.15) is 14.9 Å². The second-order valence-electron chi connectivity index (χ2n) is 6.67. The molecule has 1 saturated heterocycles. The molecule has 0 bridgehead atoms. The molecule has 158 valence electrons. The molecule has 1 aliphatic rings. The Morgan fingerprint density at radius 2 is 2.17 bits per heavy atom. The van der Waals surface area contributed by atoms with Crippen molar-refractivity contribution in [3.05, 3.63) is 28.8 Å². The second-order valence-corrected chi connectivity index (χ2v) is 6.67. The highest BCUT2D eigenvalue weighted by molar-refractivity contribution is 5.94. The van der Waals surface area contributed by atoms with E-state index in [-0.39, 0.29) is 17.3 Å². The van der Waals surface area contributed by atoms with Crippen LogP contribution in [0.4, 0.5) is 5.82 Å². The molecule has 0 saturated carbocycles. The summed E-state index contributed by atoms with van der Waals surface area (Å²) in [4.78, 5) is 14.9. The molecule has 0 spiro atoms. The van der Waals surface area contributed by atoms with Gasteiger partial charge < -0.3 is 10.5 Å². The Labute approximate surface area is 170 Å². The van der Waals surface area contributed by atoms with Crippen molar-refractivity contribution in [3.8, 4) is 5.82 Å². The third-order valence-corrected chi connectivity index (χ3v) is 4.79. The monoisotopic (exact) mass is 415 g/mol. The molecule has 1 amide bonds. The fourth-order valence-corrected chi connectivity index (χ4v) is 2.95. The summed E-state index contributed by atoms with van der Waals surface area (Å²) >= 11 is 0. The number of morpholine rings is 1. The Kier molecular flexibility index (Phi) is 5.49. The summed E-state index contributed by atoms with van der Waals surface area (Å²) < 4.78 is 13.1. The van der Waals surface area contributed by atoms with Gasteiger partial charge >= 0.3 is 0 Å². The summed E-state index contributed by atoms with van der Waals surface area (Å²) in [6.07, 6.45) is 3.18. The number of aryl methyl sites for hydroxylation is 1. The predicted molar refractivity (Wildman–Crippen MR) is 103 cm³/mol. The van der Waals surface area contributed by atoms with Crippen molar-refractivity contribution in [1.29, 1.82) is 0 Å². The molecule has 4 rings (SSSR count). The Morgan fingerprint density at radius 3 is 2.83 bits per heavy atom. The molecule has 3 aromatic rings. The molecule has 3 aromatic heterocycles. The summed E-state index contributed by atoms with van der Waals surface area (Å²) in [5.74, 6) is -0.309. The van der Waals surface area contributed by atoms with Crippen LogP contribution in [0, 0.1) is 6.92 Å². The highest BCUT2D eigenvalue weighted by Gasteiger charge is 2.26. The minimum Gasteiger partial charge on any atom is -0.379 e. The number of rotatable bonds is 6. The summed E-state index contributed by atoms with van der Waals surface area (Å²) in [7, 11) is 1.83. The standard InChI is InChI=1S/C16H21N11O3/c1-10-11(8-19-25(10)2)7-18-21-16(28)13-12(9-26-3-5-29-6-4-26)27(24-20-13)15-14(17)22-30-23-15/h7-8H,3-6,9H2,1-2H3,(H2,17,22)(H,21,28)/b18-7+. The van der Waals surface area contributed by atoms with Crippen LogP contribution in [0.5, 0.6) is 0 Å². The number of aromatic nitrogens is 7. The van der Waals surface area contributed by atoms with E-state index in [2.05, 4.69) is 45.8 Å². The van der Waals surface area contributed by atoms with Gasteiger partial charge in [-0.25, -0.2) is 10.1 Å². The number of nitrogen functional groups attached to an aromatic ring is 1. The van der Waals surface area contributed by atoms with Crippen LogP contribution in [-0.2, 0) is 18.3 Å². The van der Waals surface area contributed by atoms with Gasteiger partial charge in [-0.3, -0.25) is 14.4 Å². The van der Waals surface area contributed by atoms with Crippen LogP contribution in [0.2, 0.25) is 0 Å². The third-order valence-electron chi connectivity index (χ3n) is 4.79. The van der Waals surface area contributed by atoms with Crippen LogP contribution in [0.1, 0.15) is 27.4 Å². The van der Waals surface area contributed by atoms with Gasteiger partial charge in [-0.15, -0.1) is 5.10 Å². The van der Waals surface area contributed by atoms with Crippen molar-refractivity contribution >= 4 is 17.9 Å². The van der Waals surface area contributed by atoms with E-state index in [0.717, 1.165) is 11.3 Å². The number of hydrogen-bond donors (Lipinski definition) is 2. The van der Waals surface area contributed by atoms with Crippen molar-refractivity contribution < 1.29 is 14.2 Å². The number of ether oxygens (including phenoxy) is 1. The average molecular weight is 415 g/mol. The second kappa shape index (κ2) is 8.38. The van der Waals surface area contributed by atoms with E-state index in [0.29, 0.717) is 38.5 Å². The molecule has 14 heteroatoms. The van der Waals surface area contributed by atoms with E-state index in [1.54, 1.807) is 10.9 Å². The van der Waals surface area contributed by atoms with Crippen LogP contribution < -0.4 is 11.2 Å². The maximum absolute atomic E-state index is 12.8.